The van der Waals surface area contributed by atoms with E-state index in [1.165, 1.54) is 28.9 Å². The van der Waals surface area contributed by atoms with Crippen molar-refractivity contribution < 1.29 is 22.8 Å². The molecule has 1 fully saturated rings. The number of carbonyl (C=O) groups is 1. The van der Waals surface area contributed by atoms with Crippen molar-refractivity contribution in [2.75, 3.05) is 18.5 Å². The van der Waals surface area contributed by atoms with Gasteiger partial charge in [-0.3, -0.25) is 9.20 Å². The highest BCUT2D eigenvalue weighted by Crippen LogP contribution is 2.29. The molecule has 0 saturated carbocycles. The molecule has 1 amide bonds. The van der Waals surface area contributed by atoms with E-state index < -0.39 is 11.8 Å². The molecule has 5 rings (SSSR count). The quantitative estimate of drug-likeness (QED) is 0.502. The van der Waals surface area contributed by atoms with E-state index in [4.69, 9.17) is 9.26 Å². The lowest BCUT2D eigenvalue weighted by molar-refractivity contribution is -0.00446. The summed E-state index contributed by atoms with van der Waals surface area (Å²) in [6.07, 6.45) is 2.77. The molecule has 1 aromatic carbocycles. The van der Waals surface area contributed by atoms with Crippen LogP contribution in [0.15, 0.2) is 47.2 Å². The van der Waals surface area contributed by atoms with Crippen molar-refractivity contribution in [3.05, 3.63) is 65.4 Å². The second-order valence-electron chi connectivity index (χ2n) is 7.85. The van der Waals surface area contributed by atoms with Crippen molar-refractivity contribution in [3.63, 3.8) is 0 Å². The Morgan fingerprint density at radius 3 is 2.78 bits per heavy atom. The van der Waals surface area contributed by atoms with E-state index in [0.29, 0.717) is 36.2 Å². The van der Waals surface area contributed by atoms with Gasteiger partial charge in [-0.1, -0.05) is 17.3 Å². The number of alkyl halides is 2. The van der Waals surface area contributed by atoms with Crippen LogP contribution in [0.3, 0.4) is 0 Å². The number of nitrogens with one attached hydrogen (secondary N) is 1. The van der Waals surface area contributed by atoms with E-state index in [2.05, 4.69) is 20.4 Å². The minimum atomic E-state index is -2.99. The Kier molecular flexibility index (Phi) is 4.74. The zero-order valence-electron chi connectivity index (χ0n) is 17.3. The molecule has 4 aromatic rings. The van der Waals surface area contributed by atoms with Gasteiger partial charge in [-0.05, 0) is 30.7 Å². The first kappa shape index (κ1) is 20.3. The summed E-state index contributed by atoms with van der Waals surface area (Å²) in [5.74, 6) is -2.35. The lowest BCUT2D eigenvalue weighted by Crippen LogP contribution is -2.25. The molecule has 0 spiro atoms. The van der Waals surface area contributed by atoms with Gasteiger partial charge in [0.15, 0.2) is 0 Å². The third kappa shape index (κ3) is 3.62. The monoisotopic (exact) mass is 439 g/mol. The summed E-state index contributed by atoms with van der Waals surface area (Å²) in [5.41, 5.74) is 2.41. The van der Waals surface area contributed by atoms with Crippen LogP contribution in [0.25, 0.3) is 17.0 Å². The molecular formula is C22H19F2N5O3. The van der Waals surface area contributed by atoms with E-state index in [-0.39, 0.29) is 22.8 Å². The SMILES string of the molecule is Cc1ccc(-c2noc(C3COC3)n2)cc1NC(=O)c1cnc2cc(C(C)(F)F)ccn12. The first-order valence-corrected chi connectivity index (χ1v) is 9.99. The second-order valence-corrected chi connectivity index (χ2v) is 7.85. The second kappa shape index (κ2) is 7.49. The van der Waals surface area contributed by atoms with E-state index in [0.717, 1.165) is 12.5 Å². The Hall–Kier alpha value is -3.66. The summed E-state index contributed by atoms with van der Waals surface area (Å²) in [6.45, 7) is 3.80. The van der Waals surface area contributed by atoms with Gasteiger partial charge < -0.3 is 14.6 Å². The van der Waals surface area contributed by atoms with Crippen molar-refractivity contribution >= 4 is 17.2 Å². The number of nitrogens with zero attached hydrogens (tertiary/aromatic N) is 4. The summed E-state index contributed by atoms with van der Waals surface area (Å²) >= 11 is 0. The van der Waals surface area contributed by atoms with Crippen molar-refractivity contribution in [2.45, 2.75) is 25.7 Å². The topological polar surface area (TPSA) is 94.5 Å². The normalized spacial score (nSPS) is 14.5. The molecule has 164 valence electrons. The number of anilines is 1. The van der Waals surface area contributed by atoms with Crippen LogP contribution in [0.2, 0.25) is 0 Å². The number of hydrogen-bond acceptors (Lipinski definition) is 6. The van der Waals surface area contributed by atoms with Crippen LogP contribution in [0.5, 0.6) is 0 Å². The fourth-order valence-corrected chi connectivity index (χ4v) is 3.40. The average Bonchev–Trinajstić information content (AvgIpc) is 3.34. The Balaban J connectivity index is 1.40. The standard InChI is InChI=1S/C22H19F2N5O3/c1-12-3-4-13(19-27-21(32-28-19)14-10-31-11-14)7-16(12)26-20(30)17-9-25-18-8-15(22(2,23)24)5-6-29(17)18/h3-9,14H,10-11H2,1-2H3,(H,26,30). The Morgan fingerprint density at radius 2 is 2.06 bits per heavy atom. The number of fused-ring (bicyclic) bond motifs is 1. The first-order chi connectivity index (χ1) is 15.3. The molecule has 3 aromatic heterocycles. The third-order valence-electron chi connectivity index (χ3n) is 5.43. The number of rotatable bonds is 5. The number of benzene rings is 1. The number of halogens is 2. The predicted octanol–water partition coefficient (Wildman–Crippen LogP) is 4.17. The van der Waals surface area contributed by atoms with E-state index in [9.17, 15) is 13.6 Å². The summed E-state index contributed by atoms with van der Waals surface area (Å²) in [5, 5.41) is 6.89. The van der Waals surface area contributed by atoms with Crippen molar-refractivity contribution in [2.24, 2.45) is 0 Å². The summed E-state index contributed by atoms with van der Waals surface area (Å²) < 4.78 is 39.1. The molecule has 8 nitrogen and oxygen atoms in total. The molecule has 1 N–H and O–H groups in total. The molecule has 1 aliphatic rings. The van der Waals surface area contributed by atoms with Crippen LogP contribution in [-0.4, -0.2) is 38.6 Å². The van der Waals surface area contributed by atoms with Gasteiger partial charge in [0.1, 0.15) is 11.3 Å². The minimum Gasteiger partial charge on any atom is -0.380 e. The molecule has 1 saturated heterocycles. The number of aromatic nitrogens is 4. The third-order valence-corrected chi connectivity index (χ3v) is 5.43. The van der Waals surface area contributed by atoms with Gasteiger partial charge in [0, 0.05) is 29.9 Å². The van der Waals surface area contributed by atoms with Crippen LogP contribution in [-0.2, 0) is 10.7 Å². The molecular weight excluding hydrogens is 420 g/mol. The number of pyridine rings is 1. The fraction of sp³-hybridized carbons (Fsp3) is 0.273. The van der Waals surface area contributed by atoms with Crippen LogP contribution >= 0.6 is 0 Å². The number of aryl methyl sites for hydroxylation is 1. The smallest absolute Gasteiger partial charge is 0.274 e. The highest BCUT2D eigenvalue weighted by Gasteiger charge is 2.27. The molecule has 0 unspecified atom stereocenters. The minimum absolute atomic E-state index is 0.115. The molecule has 32 heavy (non-hydrogen) atoms. The van der Waals surface area contributed by atoms with Gasteiger partial charge in [-0.25, -0.2) is 13.8 Å². The van der Waals surface area contributed by atoms with Gasteiger partial charge >= 0.3 is 0 Å². The summed E-state index contributed by atoms with van der Waals surface area (Å²) in [4.78, 5) is 21.5. The fourth-order valence-electron chi connectivity index (χ4n) is 3.40. The maximum atomic E-state index is 13.6. The van der Waals surface area contributed by atoms with Gasteiger partial charge in [0.2, 0.25) is 11.7 Å². The maximum Gasteiger partial charge on any atom is 0.274 e. The number of imidazole rings is 1. The average molecular weight is 439 g/mol. The van der Waals surface area contributed by atoms with Crippen LogP contribution in [0, 0.1) is 6.92 Å². The Morgan fingerprint density at radius 1 is 1.25 bits per heavy atom. The Labute approximate surface area is 181 Å². The Bertz CT molecular complexity index is 1320. The van der Waals surface area contributed by atoms with Gasteiger partial charge in [-0.2, -0.15) is 4.98 Å². The highest BCUT2D eigenvalue weighted by molar-refractivity contribution is 6.04. The lowest BCUT2D eigenvalue weighted by Gasteiger charge is -2.21. The van der Waals surface area contributed by atoms with E-state index in [1.54, 1.807) is 6.07 Å². The number of carbonyl (C=O) groups excluding carboxylic acids is 1. The van der Waals surface area contributed by atoms with Crippen LogP contribution in [0.4, 0.5) is 14.5 Å². The molecule has 4 heterocycles. The van der Waals surface area contributed by atoms with E-state index in [1.807, 2.05) is 19.1 Å². The van der Waals surface area contributed by atoms with Gasteiger partial charge in [0.05, 0.1) is 25.3 Å². The molecule has 0 aliphatic carbocycles. The first-order valence-electron chi connectivity index (χ1n) is 9.99. The number of hydrogen-bond donors (Lipinski definition) is 1. The molecule has 10 heteroatoms. The highest BCUT2D eigenvalue weighted by atomic mass is 19.3. The number of amides is 1. The van der Waals surface area contributed by atoms with Gasteiger partial charge in [0.25, 0.3) is 11.8 Å². The predicted molar refractivity (Wildman–Crippen MR) is 111 cm³/mol. The zero-order chi connectivity index (χ0) is 22.5. The largest absolute Gasteiger partial charge is 0.380 e. The maximum absolute atomic E-state index is 13.6. The van der Waals surface area contributed by atoms with Crippen molar-refractivity contribution in [3.8, 4) is 11.4 Å². The number of ether oxygens (including phenoxy) is 1. The van der Waals surface area contributed by atoms with Crippen LogP contribution < -0.4 is 5.32 Å². The zero-order valence-corrected chi connectivity index (χ0v) is 17.3. The molecule has 1 aliphatic heterocycles. The van der Waals surface area contributed by atoms with Crippen LogP contribution in [0.1, 0.15) is 40.3 Å². The summed E-state index contributed by atoms with van der Waals surface area (Å²) in [6, 6.07) is 8.00. The van der Waals surface area contributed by atoms with Crippen molar-refractivity contribution in [1.82, 2.24) is 19.5 Å². The lowest BCUT2D eigenvalue weighted by atomic mass is 10.1. The van der Waals surface area contributed by atoms with Crippen molar-refractivity contribution in [1.29, 1.82) is 0 Å². The molecule has 0 bridgehead atoms. The van der Waals surface area contributed by atoms with Gasteiger partial charge in [-0.15, -0.1) is 0 Å². The molecule has 0 atom stereocenters. The summed E-state index contributed by atoms with van der Waals surface area (Å²) in [7, 11) is 0. The van der Waals surface area contributed by atoms with E-state index >= 15 is 0 Å². The molecule has 0 radical (unpaired) electrons.